The molecule has 0 spiro atoms. The van der Waals surface area contributed by atoms with Crippen LogP contribution in [0.2, 0.25) is 0 Å². The summed E-state index contributed by atoms with van der Waals surface area (Å²) in [5, 5.41) is 0. The molecule has 17 heavy (non-hydrogen) atoms. The Balaban J connectivity index is 1.98. The van der Waals surface area contributed by atoms with Crippen LogP contribution >= 0.6 is 0 Å². The maximum atomic E-state index is 11.8. The third-order valence-corrected chi connectivity index (χ3v) is 4.02. The summed E-state index contributed by atoms with van der Waals surface area (Å²) in [6.07, 6.45) is 0.737. The zero-order valence-electron chi connectivity index (χ0n) is 9.43. The largest absolute Gasteiger partial charge is 0.399 e. The lowest BCUT2D eigenvalue weighted by molar-refractivity contribution is 0.192. The molecule has 5 nitrogen and oxygen atoms in total. The molecule has 1 unspecified atom stereocenters. The van der Waals surface area contributed by atoms with Crippen molar-refractivity contribution in [3.63, 3.8) is 0 Å². The smallest absolute Gasteiger partial charge is 0.216 e. The molecule has 1 heterocycles. The number of benzene rings is 1. The van der Waals surface area contributed by atoms with Crippen LogP contribution in [0.15, 0.2) is 24.3 Å². The van der Waals surface area contributed by atoms with Gasteiger partial charge in [-0.3, -0.25) is 0 Å². The van der Waals surface area contributed by atoms with Gasteiger partial charge in [0.2, 0.25) is 10.0 Å². The number of sulfonamides is 1. The first-order valence-corrected chi connectivity index (χ1v) is 7.12. The number of rotatable bonds is 4. The highest BCUT2D eigenvalue weighted by atomic mass is 32.2. The van der Waals surface area contributed by atoms with Crippen molar-refractivity contribution in [1.29, 1.82) is 0 Å². The molecule has 1 aliphatic heterocycles. The Kier molecular flexibility index (Phi) is 3.66. The molecular weight excluding hydrogens is 240 g/mol. The predicted octanol–water partition coefficient (Wildman–Crippen LogP) is 0.477. The molecule has 1 aromatic carbocycles. The quantitative estimate of drug-likeness (QED) is 0.768. The van der Waals surface area contributed by atoms with Gasteiger partial charge in [0, 0.05) is 18.3 Å². The van der Waals surface area contributed by atoms with Crippen LogP contribution in [0.3, 0.4) is 0 Å². The maximum absolute atomic E-state index is 11.8. The first-order valence-electron chi connectivity index (χ1n) is 5.47. The summed E-state index contributed by atoms with van der Waals surface area (Å²) in [5.74, 6) is -0.0240. The summed E-state index contributed by atoms with van der Waals surface area (Å²) >= 11 is 0. The fourth-order valence-electron chi connectivity index (χ4n) is 1.76. The molecule has 1 aliphatic rings. The van der Waals surface area contributed by atoms with Crippen LogP contribution in [0.5, 0.6) is 0 Å². The van der Waals surface area contributed by atoms with E-state index in [2.05, 4.69) is 4.72 Å². The Morgan fingerprint density at radius 1 is 1.35 bits per heavy atom. The van der Waals surface area contributed by atoms with E-state index < -0.39 is 10.0 Å². The van der Waals surface area contributed by atoms with Gasteiger partial charge in [-0.05, 0) is 24.1 Å². The second-order valence-corrected chi connectivity index (χ2v) is 5.93. The van der Waals surface area contributed by atoms with Crippen molar-refractivity contribution in [3.8, 4) is 0 Å². The standard InChI is InChI=1S/C11H16N2O3S/c12-10-3-1-9(2-4-10)8-17(14,15)13-11-5-6-16-7-11/h1-4,11,13H,5-8,12H2. The monoisotopic (exact) mass is 256 g/mol. The van der Waals surface area contributed by atoms with E-state index >= 15 is 0 Å². The van der Waals surface area contributed by atoms with Gasteiger partial charge in [-0.2, -0.15) is 0 Å². The van der Waals surface area contributed by atoms with Crippen molar-refractivity contribution < 1.29 is 13.2 Å². The van der Waals surface area contributed by atoms with E-state index in [0.29, 0.717) is 18.9 Å². The van der Waals surface area contributed by atoms with Crippen LogP contribution in [0.4, 0.5) is 5.69 Å². The van der Waals surface area contributed by atoms with Crippen molar-refractivity contribution >= 4 is 15.7 Å². The molecule has 1 saturated heterocycles. The molecule has 2 rings (SSSR count). The second-order valence-electron chi connectivity index (χ2n) is 4.18. The average molecular weight is 256 g/mol. The van der Waals surface area contributed by atoms with Gasteiger partial charge in [-0.15, -0.1) is 0 Å². The number of hydrogen-bond acceptors (Lipinski definition) is 4. The maximum Gasteiger partial charge on any atom is 0.216 e. The minimum Gasteiger partial charge on any atom is -0.399 e. The molecule has 94 valence electrons. The summed E-state index contributed by atoms with van der Waals surface area (Å²) in [5.41, 5.74) is 6.90. The zero-order valence-corrected chi connectivity index (χ0v) is 10.2. The number of nitrogen functional groups attached to an aromatic ring is 1. The molecule has 0 saturated carbocycles. The first-order chi connectivity index (χ1) is 8.05. The molecule has 0 bridgehead atoms. The van der Waals surface area contributed by atoms with Crippen LogP contribution in [-0.4, -0.2) is 27.7 Å². The molecule has 1 aromatic rings. The first kappa shape index (κ1) is 12.3. The third-order valence-electron chi connectivity index (χ3n) is 2.61. The van der Waals surface area contributed by atoms with E-state index in [4.69, 9.17) is 10.5 Å². The van der Waals surface area contributed by atoms with Crippen LogP contribution in [0.25, 0.3) is 0 Å². The lowest BCUT2D eigenvalue weighted by Gasteiger charge is -2.11. The molecule has 1 fully saturated rings. The molecule has 0 amide bonds. The molecule has 0 radical (unpaired) electrons. The molecule has 3 N–H and O–H groups in total. The summed E-state index contributed by atoms with van der Waals surface area (Å²) in [4.78, 5) is 0. The van der Waals surface area contributed by atoms with E-state index in [1.165, 1.54) is 0 Å². The van der Waals surface area contributed by atoms with Crippen molar-refractivity contribution in [2.75, 3.05) is 18.9 Å². The van der Waals surface area contributed by atoms with Gasteiger partial charge in [0.05, 0.1) is 12.4 Å². The van der Waals surface area contributed by atoms with Gasteiger partial charge < -0.3 is 10.5 Å². The number of nitrogens with two attached hydrogens (primary N) is 1. The van der Waals surface area contributed by atoms with Crippen LogP contribution in [0.1, 0.15) is 12.0 Å². The molecular formula is C11H16N2O3S. The summed E-state index contributed by atoms with van der Waals surface area (Å²) < 4.78 is 31.4. The van der Waals surface area contributed by atoms with E-state index in [9.17, 15) is 8.42 Å². The van der Waals surface area contributed by atoms with Gasteiger partial charge in [-0.25, -0.2) is 13.1 Å². The fraction of sp³-hybridized carbons (Fsp3) is 0.455. The van der Waals surface area contributed by atoms with E-state index in [-0.39, 0.29) is 11.8 Å². The van der Waals surface area contributed by atoms with E-state index in [1.54, 1.807) is 24.3 Å². The Hall–Kier alpha value is -1.11. The summed E-state index contributed by atoms with van der Waals surface area (Å²) in [7, 11) is -3.30. The molecule has 0 aromatic heterocycles. The van der Waals surface area contributed by atoms with Gasteiger partial charge in [-0.1, -0.05) is 12.1 Å². The van der Waals surface area contributed by atoms with Crippen LogP contribution in [-0.2, 0) is 20.5 Å². The Bertz CT molecular complexity index is 464. The minimum absolute atomic E-state index is 0.0240. The highest BCUT2D eigenvalue weighted by Crippen LogP contribution is 2.11. The topological polar surface area (TPSA) is 81.4 Å². The SMILES string of the molecule is Nc1ccc(CS(=O)(=O)NC2CCOC2)cc1. The summed E-state index contributed by atoms with van der Waals surface area (Å²) in [6.45, 7) is 1.08. The van der Waals surface area contributed by atoms with Gasteiger partial charge >= 0.3 is 0 Å². The predicted molar refractivity (Wildman–Crippen MR) is 65.8 cm³/mol. The highest BCUT2D eigenvalue weighted by Gasteiger charge is 2.21. The third kappa shape index (κ3) is 3.69. The Labute approximate surface area is 101 Å². The van der Waals surface area contributed by atoms with Crippen molar-refractivity contribution in [2.24, 2.45) is 0 Å². The minimum atomic E-state index is -3.30. The lowest BCUT2D eigenvalue weighted by Crippen LogP contribution is -2.35. The van der Waals surface area contributed by atoms with Crippen LogP contribution < -0.4 is 10.5 Å². The number of hydrogen-bond donors (Lipinski definition) is 2. The van der Waals surface area contributed by atoms with Gasteiger partial charge in [0.25, 0.3) is 0 Å². The highest BCUT2D eigenvalue weighted by molar-refractivity contribution is 7.88. The van der Waals surface area contributed by atoms with Crippen molar-refractivity contribution in [2.45, 2.75) is 18.2 Å². The molecule has 0 aliphatic carbocycles. The molecule has 1 atom stereocenters. The average Bonchev–Trinajstić information content (AvgIpc) is 2.73. The second kappa shape index (κ2) is 5.03. The van der Waals surface area contributed by atoms with Crippen LogP contribution in [0, 0.1) is 0 Å². The number of ether oxygens (including phenoxy) is 1. The van der Waals surface area contributed by atoms with E-state index in [0.717, 1.165) is 12.0 Å². The molecule has 6 heteroatoms. The summed E-state index contributed by atoms with van der Waals surface area (Å²) in [6, 6.07) is 6.75. The number of anilines is 1. The van der Waals surface area contributed by atoms with E-state index in [1.807, 2.05) is 0 Å². The number of nitrogens with one attached hydrogen (secondary N) is 1. The van der Waals surface area contributed by atoms with Crippen molar-refractivity contribution in [3.05, 3.63) is 29.8 Å². The Morgan fingerprint density at radius 2 is 2.06 bits per heavy atom. The van der Waals surface area contributed by atoms with Gasteiger partial charge in [0.15, 0.2) is 0 Å². The van der Waals surface area contributed by atoms with Gasteiger partial charge in [0.1, 0.15) is 0 Å². The normalized spacial score (nSPS) is 20.6. The Morgan fingerprint density at radius 3 is 2.65 bits per heavy atom. The lowest BCUT2D eigenvalue weighted by atomic mass is 10.2. The zero-order chi connectivity index (χ0) is 12.3. The fourth-order valence-corrected chi connectivity index (χ4v) is 3.16. The van der Waals surface area contributed by atoms with Crippen molar-refractivity contribution in [1.82, 2.24) is 4.72 Å².